The van der Waals surface area contributed by atoms with E-state index in [2.05, 4.69) is 47.8 Å². The van der Waals surface area contributed by atoms with E-state index in [1.807, 2.05) is 11.3 Å². The molecule has 1 saturated carbocycles. The SMILES string of the molecule is CCCNCC(C(C)C)N(Cc1ccsc1)C1CC1. The smallest absolute Gasteiger partial charge is 0.0250 e. The third kappa shape index (κ3) is 4.59. The number of nitrogens with one attached hydrogen (secondary N) is 1. The van der Waals surface area contributed by atoms with E-state index in [1.165, 1.54) is 24.8 Å². The molecule has 1 aliphatic rings. The third-order valence-corrected chi connectivity index (χ3v) is 4.67. The standard InChI is InChI=1S/C16H28N2S/c1-4-8-17-10-16(13(2)3)18(15-5-6-15)11-14-7-9-19-12-14/h7,9,12-13,15-17H,4-6,8,10-11H2,1-3H3. The van der Waals surface area contributed by atoms with Crippen LogP contribution in [0.2, 0.25) is 0 Å². The molecule has 1 fully saturated rings. The minimum atomic E-state index is 0.666. The van der Waals surface area contributed by atoms with Crippen LogP contribution in [-0.2, 0) is 6.54 Å². The summed E-state index contributed by atoms with van der Waals surface area (Å²) < 4.78 is 0. The van der Waals surface area contributed by atoms with Gasteiger partial charge in [0.15, 0.2) is 0 Å². The van der Waals surface area contributed by atoms with E-state index in [1.54, 1.807) is 0 Å². The van der Waals surface area contributed by atoms with Gasteiger partial charge < -0.3 is 5.32 Å². The van der Waals surface area contributed by atoms with Crippen molar-refractivity contribution in [1.29, 1.82) is 0 Å². The second kappa shape index (κ2) is 7.41. The maximum Gasteiger partial charge on any atom is 0.0250 e. The van der Waals surface area contributed by atoms with Gasteiger partial charge in [-0.2, -0.15) is 11.3 Å². The summed E-state index contributed by atoms with van der Waals surface area (Å²) in [7, 11) is 0. The van der Waals surface area contributed by atoms with Gasteiger partial charge in [0.2, 0.25) is 0 Å². The number of hydrogen-bond acceptors (Lipinski definition) is 3. The summed E-state index contributed by atoms with van der Waals surface area (Å²) in [4.78, 5) is 2.75. The molecule has 1 aromatic heterocycles. The summed E-state index contributed by atoms with van der Waals surface area (Å²) >= 11 is 1.81. The molecular weight excluding hydrogens is 252 g/mol. The van der Waals surface area contributed by atoms with Crippen molar-refractivity contribution in [3.8, 4) is 0 Å². The van der Waals surface area contributed by atoms with Gasteiger partial charge in [0.25, 0.3) is 0 Å². The number of thiophene rings is 1. The maximum atomic E-state index is 3.62. The van der Waals surface area contributed by atoms with Gasteiger partial charge in [-0.15, -0.1) is 0 Å². The largest absolute Gasteiger partial charge is 0.315 e. The van der Waals surface area contributed by atoms with Crippen molar-refractivity contribution in [2.24, 2.45) is 5.92 Å². The van der Waals surface area contributed by atoms with Crippen LogP contribution in [0.1, 0.15) is 45.6 Å². The van der Waals surface area contributed by atoms with Crippen LogP contribution in [0, 0.1) is 5.92 Å². The van der Waals surface area contributed by atoms with Crippen LogP contribution in [0.5, 0.6) is 0 Å². The molecule has 0 aromatic carbocycles. The van der Waals surface area contributed by atoms with Crippen molar-refractivity contribution in [3.63, 3.8) is 0 Å². The lowest BCUT2D eigenvalue weighted by Gasteiger charge is -2.35. The highest BCUT2D eigenvalue weighted by atomic mass is 32.1. The molecule has 0 saturated heterocycles. The zero-order valence-corrected chi connectivity index (χ0v) is 13.4. The Hall–Kier alpha value is -0.380. The van der Waals surface area contributed by atoms with Crippen molar-refractivity contribution >= 4 is 11.3 Å². The number of hydrogen-bond donors (Lipinski definition) is 1. The fourth-order valence-corrected chi connectivity index (χ4v) is 3.34. The second-order valence-electron chi connectivity index (χ2n) is 6.05. The van der Waals surface area contributed by atoms with E-state index in [9.17, 15) is 0 Å². The highest BCUT2D eigenvalue weighted by Gasteiger charge is 2.34. The van der Waals surface area contributed by atoms with Crippen molar-refractivity contribution in [1.82, 2.24) is 10.2 Å². The molecule has 0 radical (unpaired) electrons. The maximum absolute atomic E-state index is 3.62. The molecule has 0 aliphatic heterocycles. The van der Waals surface area contributed by atoms with Crippen LogP contribution in [0.15, 0.2) is 16.8 Å². The summed E-state index contributed by atoms with van der Waals surface area (Å²) in [6.07, 6.45) is 4.00. The molecule has 1 aromatic rings. The Morgan fingerprint density at radius 2 is 2.21 bits per heavy atom. The van der Waals surface area contributed by atoms with E-state index in [0.29, 0.717) is 12.0 Å². The van der Waals surface area contributed by atoms with Crippen LogP contribution in [0.25, 0.3) is 0 Å². The lowest BCUT2D eigenvalue weighted by Crippen LogP contribution is -2.46. The van der Waals surface area contributed by atoms with Crippen molar-refractivity contribution < 1.29 is 0 Å². The molecule has 1 atom stereocenters. The zero-order chi connectivity index (χ0) is 13.7. The first kappa shape index (κ1) is 15.0. The lowest BCUT2D eigenvalue weighted by atomic mass is 10.0. The van der Waals surface area contributed by atoms with Crippen molar-refractivity contribution in [3.05, 3.63) is 22.4 Å². The molecule has 2 rings (SSSR count). The van der Waals surface area contributed by atoms with Crippen LogP contribution < -0.4 is 5.32 Å². The normalized spacial score (nSPS) is 17.3. The predicted octanol–water partition coefficient (Wildman–Crippen LogP) is 3.74. The molecule has 19 heavy (non-hydrogen) atoms. The Morgan fingerprint density at radius 1 is 1.42 bits per heavy atom. The molecule has 0 spiro atoms. The minimum absolute atomic E-state index is 0.666. The van der Waals surface area contributed by atoms with Gasteiger partial charge in [0.05, 0.1) is 0 Å². The van der Waals surface area contributed by atoms with Gasteiger partial charge in [-0.3, -0.25) is 4.90 Å². The summed E-state index contributed by atoms with van der Waals surface area (Å²) in [6, 6.07) is 3.77. The highest BCUT2D eigenvalue weighted by molar-refractivity contribution is 7.07. The Balaban J connectivity index is 1.97. The van der Waals surface area contributed by atoms with Crippen LogP contribution >= 0.6 is 11.3 Å². The van der Waals surface area contributed by atoms with Crippen LogP contribution in [0.3, 0.4) is 0 Å². The molecule has 108 valence electrons. The Kier molecular flexibility index (Phi) is 5.86. The molecular formula is C16H28N2S. The Morgan fingerprint density at radius 3 is 2.74 bits per heavy atom. The van der Waals surface area contributed by atoms with Gasteiger partial charge in [0.1, 0.15) is 0 Å². The fourth-order valence-electron chi connectivity index (χ4n) is 2.68. The van der Waals surface area contributed by atoms with E-state index in [4.69, 9.17) is 0 Å². The Labute approximate surface area is 122 Å². The van der Waals surface area contributed by atoms with E-state index in [-0.39, 0.29) is 0 Å². The summed E-state index contributed by atoms with van der Waals surface area (Å²) in [5.41, 5.74) is 1.48. The van der Waals surface area contributed by atoms with Gasteiger partial charge in [-0.05, 0) is 54.1 Å². The van der Waals surface area contributed by atoms with Gasteiger partial charge in [-0.25, -0.2) is 0 Å². The average Bonchev–Trinajstić information content (AvgIpc) is 3.10. The first-order valence-electron chi connectivity index (χ1n) is 7.70. The van der Waals surface area contributed by atoms with E-state index < -0.39 is 0 Å². The third-order valence-electron chi connectivity index (χ3n) is 3.94. The topological polar surface area (TPSA) is 15.3 Å². The molecule has 1 heterocycles. The number of rotatable bonds is 9. The quantitative estimate of drug-likeness (QED) is 0.693. The first-order chi connectivity index (χ1) is 9.22. The van der Waals surface area contributed by atoms with Crippen molar-refractivity contribution in [2.75, 3.05) is 13.1 Å². The lowest BCUT2D eigenvalue weighted by molar-refractivity contribution is 0.134. The van der Waals surface area contributed by atoms with Crippen LogP contribution in [-0.4, -0.2) is 30.1 Å². The highest BCUT2D eigenvalue weighted by Crippen LogP contribution is 2.32. The Bertz CT molecular complexity index is 344. The summed E-state index contributed by atoms with van der Waals surface area (Å²) in [5, 5.41) is 8.11. The minimum Gasteiger partial charge on any atom is -0.315 e. The molecule has 0 amide bonds. The summed E-state index contributed by atoms with van der Waals surface area (Å²) in [6.45, 7) is 10.4. The van der Waals surface area contributed by atoms with E-state index >= 15 is 0 Å². The van der Waals surface area contributed by atoms with Gasteiger partial charge in [-0.1, -0.05) is 20.8 Å². The molecule has 2 nitrogen and oxygen atoms in total. The first-order valence-corrected chi connectivity index (χ1v) is 8.64. The zero-order valence-electron chi connectivity index (χ0n) is 12.6. The summed E-state index contributed by atoms with van der Waals surface area (Å²) in [5.74, 6) is 0.712. The van der Waals surface area contributed by atoms with Gasteiger partial charge >= 0.3 is 0 Å². The molecule has 3 heteroatoms. The fraction of sp³-hybridized carbons (Fsp3) is 0.750. The van der Waals surface area contributed by atoms with Crippen molar-refractivity contribution in [2.45, 2.75) is 58.7 Å². The molecule has 1 aliphatic carbocycles. The molecule has 1 N–H and O–H groups in total. The molecule has 0 bridgehead atoms. The average molecular weight is 280 g/mol. The van der Waals surface area contributed by atoms with Crippen LogP contribution in [0.4, 0.5) is 0 Å². The van der Waals surface area contributed by atoms with E-state index in [0.717, 1.165) is 25.7 Å². The molecule has 1 unspecified atom stereocenters. The van der Waals surface area contributed by atoms with Gasteiger partial charge in [0, 0.05) is 25.2 Å². The number of nitrogens with zero attached hydrogens (tertiary/aromatic N) is 1. The predicted molar refractivity (Wildman–Crippen MR) is 84.7 cm³/mol. The monoisotopic (exact) mass is 280 g/mol. The second-order valence-corrected chi connectivity index (χ2v) is 6.83.